The van der Waals surface area contributed by atoms with Gasteiger partial charge in [-0.2, -0.15) is 0 Å². The van der Waals surface area contributed by atoms with E-state index in [1.165, 1.54) is 19.1 Å². The van der Waals surface area contributed by atoms with Gasteiger partial charge in [-0.1, -0.05) is 42.5 Å². The van der Waals surface area contributed by atoms with Crippen LogP contribution >= 0.6 is 0 Å². The number of ether oxygens (including phenoxy) is 1. The van der Waals surface area contributed by atoms with Crippen LogP contribution in [0.5, 0.6) is 5.88 Å². The van der Waals surface area contributed by atoms with Crippen LogP contribution in [-0.2, 0) is 11.3 Å². The molecule has 1 heterocycles. The Balaban J connectivity index is 1.62. The fraction of sp³-hybridized carbons (Fsp3) is 0.250. The summed E-state index contributed by atoms with van der Waals surface area (Å²) in [5, 5.41) is 2.85. The van der Waals surface area contributed by atoms with Crippen LogP contribution in [-0.4, -0.2) is 23.3 Å². The molecule has 1 aliphatic rings. The SMILES string of the molecule is CC(=O)/C=C/c1ccccc1-c1cnc(OCC2CC2)c(C(=O)NCc2ccc(C)c(F)c2)c1. The Bertz CT molecular complexity index is 1250. The minimum absolute atomic E-state index is 0.0515. The van der Waals surface area contributed by atoms with Crippen LogP contribution in [0.25, 0.3) is 17.2 Å². The largest absolute Gasteiger partial charge is 0.477 e. The number of rotatable bonds is 9. The normalized spacial score (nSPS) is 13.1. The molecule has 1 amide bonds. The molecular weight excluding hydrogens is 431 g/mol. The molecule has 0 aliphatic heterocycles. The molecule has 1 aliphatic carbocycles. The van der Waals surface area contributed by atoms with E-state index in [0.29, 0.717) is 29.2 Å². The molecule has 0 unspecified atom stereocenters. The summed E-state index contributed by atoms with van der Waals surface area (Å²) in [5.41, 5.74) is 3.95. The van der Waals surface area contributed by atoms with Crippen molar-refractivity contribution in [2.75, 3.05) is 6.61 Å². The van der Waals surface area contributed by atoms with E-state index < -0.39 is 0 Å². The number of ketones is 1. The molecule has 6 heteroatoms. The lowest BCUT2D eigenvalue weighted by molar-refractivity contribution is -0.112. The predicted molar refractivity (Wildman–Crippen MR) is 130 cm³/mol. The zero-order chi connectivity index (χ0) is 24.1. The molecule has 0 spiro atoms. The number of benzene rings is 2. The van der Waals surface area contributed by atoms with E-state index in [1.807, 2.05) is 24.3 Å². The van der Waals surface area contributed by atoms with Gasteiger partial charge in [-0.25, -0.2) is 9.37 Å². The van der Waals surface area contributed by atoms with Gasteiger partial charge in [-0.15, -0.1) is 0 Å². The molecule has 0 saturated heterocycles. The average Bonchev–Trinajstić information content (AvgIpc) is 3.66. The number of halogens is 1. The third-order valence-corrected chi connectivity index (χ3v) is 5.71. The highest BCUT2D eigenvalue weighted by Gasteiger charge is 2.24. The molecule has 1 fully saturated rings. The van der Waals surface area contributed by atoms with Crippen molar-refractivity contribution >= 4 is 17.8 Å². The second kappa shape index (κ2) is 10.4. The molecule has 1 N–H and O–H groups in total. The molecule has 34 heavy (non-hydrogen) atoms. The smallest absolute Gasteiger partial charge is 0.257 e. The monoisotopic (exact) mass is 458 g/mol. The van der Waals surface area contributed by atoms with Crippen molar-refractivity contribution in [3.05, 3.63) is 88.9 Å². The Morgan fingerprint density at radius 2 is 1.97 bits per heavy atom. The fourth-order valence-corrected chi connectivity index (χ4v) is 3.49. The molecule has 0 atom stereocenters. The molecule has 5 nitrogen and oxygen atoms in total. The first-order chi connectivity index (χ1) is 16.4. The molecule has 0 radical (unpaired) electrons. The van der Waals surface area contributed by atoms with Crippen molar-refractivity contribution < 1.29 is 18.7 Å². The van der Waals surface area contributed by atoms with Gasteiger partial charge in [0.15, 0.2) is 5.78 Å². The number of pyridine rings is 1. The van der Waals surface area contributed by atoms with E-state index in [0.717, 1.165) is 29.5 Å². The number of aromatic nitrogens is 1. The van der Waals surface area contributed by atoms with Crippen LogP contribution in [0.4, 0.5) is 4.39 Å². The Labute approximate surface area is 198 Å². The molecule has 0 bridgehead atoms. The summed E-state index contributed by atoms with van der Waals surface area (Å²) >= 11 is 0. The number of carbonyl (C=O) groups is 2. The highest BCUT2D eigenvalue weighted by Crippen LogP contribution is 2.32. The standard InChI is InChI=1S/C28H27FN2O3/c1-18-7-9-21(13-26(18)29)15-30-27(33)25-14-23(16-31-28(25)34-17-20-10-11-20)24-6-4-3-5-22(24)12-8-19(2)32/h3-9,12-14,16,20H,10-11,15,17H2,1-2H3,(H,30,33)/b12-8+. The van der Waals surface area contributed by atoms with Crippen molar-refractivity contribution in [2.24, 2.45) is 5.92 Å². The van der Waals surface area contributed by atoms with E-state index in [9.17, 15) is 14.0 Å². The van der Waals surface area contributed by atoms with Gasteiger partial charge < -0.3 is 10.1 Å². The Kier molecular flexibility index (Phi) is 7.16. The van der Waals surface area contributed by atoms with Gasteiger partial charge in [0.25, 0.3) is 5.91 Å². The second-order valence-electron chi connectivity index (χ2n) is 8.63. The first-order valence-electron chi connectivity index (χ1n) is 11.3. The van der Waals surface area contributed by atoms with Crippen molar-refractivity contribution in [1.29, 1.82) is 0 Å². The van der Waals surface area contributed by atoms with E-state index in [4.69, 9.17) is 4.74 Å². The summed E-state index contributed by atoms with van der Waals surface area (Å²) in [6.45, 7) is 3.89. The molecule has 174 valence electrons. The summed E-state index contributed by atoms with van der Waals surface area (Å²) in [5.74, 6) is 0.0757. The molecular formula is C28H27FN2O3. The van der Waals surface area contributed by atoms with Crippen molar-refractivity contribution in [2.45, 2.75) is 33.2 Å². The first-order valence-corrected chi connectivity index (χ1v) is 11.3. The summed E-state index contributed by atoms with van der Waals surface area (Å²) in [7, 11) is 0. The van der Waals surface area contributed by atoms with Crippen molar-refractivity contribution in [1.82, 2.24) is 10.3 Å². The minimum atomic E-state index is -0.349. The number of nitrogens with one attached hydrogen (secondary N) is 1. The van der Waals surface area contributed by atoms with Crippen LogP contribution < -0.4 is 10.1 Å². The van der Waals surface area contributed by atoms with E-state index >= 15 is 0 Å². The zero-order valence-corrected chi connectivity index (χ0v) is 19.3. The Hall–Kier alpha value is -3.80. The van der Waals surface area contributed by atoms with Crippen LogP contribution in [0.15, 0.2) is 60.8 Å². The maximum atomic E-state index is 13.9. The van der Waals surface area contributed by atoms with Crippen LogP contribution in [0.3, 0.4) is 0 Å². The highest BCUT2D eigenvalue weighted by molar-refractivity contribution is 5.98. The topological polar surface area (TPSA) is 68.3 Å². The summed E-state index contributed by atoms with van der Waals surface area (Å²) < 4.78 is 19.8. The summed E-state index contributed by atoms with van der Waals surface area (Å²) in [6, 6.07) is 14.2. The molecule has 4 rings (SSSR count). The van der Waals surface area contributed by atoms with Gasteiger partial charge in [0.2, 0.25) is 5.88 Å². The number of nitrogens with zero attached hydrogens (tertiary/aromatic N) is 1. The quantitative estimate of drug-likeness (QED) is 0.429. The average molecular weight is 459 g/mol. The maximum Gasteiger partial charge on any atom is 0.257 e. The van der Waals surface area contributed by atoms with Gasteiger partial charge in [-0.05, 0) is 73.1 Å². The highest BCUT2D eigenvalue weighted by atomic mass is 19.1. The van der Waals surface area contributed by atoms with Gasteiger partial charge in [0, 0.05) is 18.3 Å². The van der Waals surface area contributed by atoms with Crippen LogP contribution in [0.1, 0.15) is 46.8 Å². The van der Waals surface area contributed by atoms with Crippen LogP contribution in [0, 0.1) is 18.7 Å². The van der Waals surface area contributed by atoms with E-state index in [2.05, 4.69) is 10.3 Å². The fourth-order valence-electron chi connectivity index (χ4n) is 3.49. The van der Waals surface area contributed by atoms with Gasteiger partial charge in [0.05, 0.1) is 6.61 Å². The van der Waals surface area contributed by atoms with Gasteiger partial charge in [-0.3, -0.25) is 9.59 Å². The lowest BCUT2D eigenvalue weighted by Crippen LogP contribution is -2.24. The maximum absolute atomic E-state index is 13.9. The van der Waals surface area contributed by atoms with Gasteiger partial charge in [0.1, 0.15) is 11.4 Å². The van der Waals surface area contributed by atoms with Gasteiger partial charge >= 0.3 is 0 Å². The number of carbonyl (C=O) groups excluding carboxylic acids is 2. The number of aryl methyl sites for hydroxylation is 1. The van der Waals surface area contributed by atoms with Crippen molar-refractivity contribution in [3.63, 3.8) is 0 Å². The van der Waals surface area contributed by atoms with E-state index in [-0.39, 0.29) is 29.9 Å². The number of hydrogen-bond acceptors (Lipinski definition) is 4. The molecule has 2 aromatic carbocycles. The lowest BCUT2D eigenvalue weighted by Gasteiger charge is -2.14. The number of amides is 1. The minimum Gasteiger partial charge on any atom is -0.477 e. The van der Waals surface area contributed by atoms with Crippen LogP contribution in [0.2, 0.25) is 0 Å². The zero-order valence-electron chi connectivity index (χ0n) is 19.3. The number of hydrogen-bond donors (Lipinski definition) is 1. The third kappa shape index (κ3) is 5.95. The lowest BCUT2D eigenvalue weighted by atomic mass is 9.99. The summed E-state index contributed by atoms with van der Waals surface area (Å²) in [6.07, 6.45) is 7.17. The predicted octanol–water partition coefficient (Wildman–Crippen LogP) is 5.52. The van der Waals surface area contributed by atoms with E-state index in [1.54, 1.807) is 37.4 Å². The van der Waals surface area contributed by atoms with Crippen molar-refractivity contribution in [3.8, 4) is 17.0 Å². The summed E-state index contributed by atoms with van der Waals surface area (Å²) in [4.78, 5) is 29.0. The molecule has 1 saturated carbocycles. The molecule has 3 aromatic rings. The third-order valence-electron chi connectivity index (χ3n) is 5.71. The Morgan fingerprint density at radius 1 is 1.18 bits per heavy atom. The first kappa shape index (κ1) is 23.4. The Morgan fingerprint density at radius 3 is 2.71 bits per heavy atom. The second-order valence-corrected chi connectivity index (χ2v) is 8.63. The molecule has 1 aromatic heterocycles. The number of allylic oxidation sites excluding steroid dienone is 1.